The van der Waals surface area contributed by atoms with Crippen LogP contribution >= 0.6 is 0 Å². The molecule has 0 saturated carbocycles. The molecule has 2 fully saturated rings. The molecule has 2 atom stereocenters. The molecule has 0 aromatic carbocycles. The van der Waals surface area contributed by atoms with Crippen molar-refractivity contribution in [1.29, 1.82) is 0 Å². The first-order valence-corrected chi connectivity index (χ1v) is 5.82. The van der Waals surface area contributed by atoms with E-state index in [9.17, 15) is 4.79 Å². The van der Waals surface area contributed by atoms with Crippen molar-refractivity contribution in [2.75, 3.05) is 19.7 Å². The van der Waals surface area contributed by atoms with E-state index in [0.29, 0.717) is 18.6 Å². The standard InChI is InChI=1S/C11H20N2O2/c1-8(2)13-5-3-4-9(13)10-6-12-11(14)7-15-10/h8-10H,3-7H2,1-2H3,(H,12,14). The van der Waals surface area contributed by atoms with Crippen LogP contribution in [0.15, 0.2) is 0 Å². The molecule has 2 unspecified atom stereocenters. The molecule has 4 heteroatoms. The summed E-state index contributed by atoms with van der Waals surface area (Å²) in [6.45, 7) is 6.51. The van der Waals surface area contributed by atoms with Gasteiger partial charge in [-0.15, -0.1) is 0 Å². The Morgan fingerprint density at radius 2 is 2.33 bits per heavy atom. The average Bonchev–Trinajstić information content (AvgIpc) is 2.67. The van der Waals surface area contributed by atoms with Crippen LogP contribution in [0.1, 0.15) is 26.7 Å². The van der Waals surface area contributed by atoms with Crippen molar-refractivity contribution in [3.63, 3.8) is 0 Å². The van der Waals surface area contributed by atoms with Crippen molar-refractivity contribution in [2.45, 2.75) is 44.9 Å². The smallest absolute Gasteiger partial charge is 0.246 e. The van der Waals surface area contributed by atoms with Crippen LogP contribution < -0.4 is 5.32 Å². The van der Waals surface area contributed by atoms with E-state index in [1.165, 1.54) is 12.8 Å². The first kappa shape index (κ1) is 10.9. The molecule has 15 heavy (non-hydrogen) atoms. The molecule has 0 radical (unpaired) electrons. The van der Waals surface area contributed by atoms with E-state index in [1.54, 1.807) is 0 Å². The predicted octanol–water partition coefficient (Wildman–Crippen LogP) is 0.374. The highest BCUT2D eigenvalue weighted by Crippen LogP contribution is 2.24. The third kappa shape index (κ3) is 2.32. The van der Waals surface area contributed by atoms with Crippen molar-refractivity contribution in [3.05, 3.63) is 0 Å². The summed E-state index contributed by atoms with van der Waals surface area (Å²) in [6.07, 6.45) is 2.63. The van der Waals surface area contributed by atoms with Crippen molar-refractivity contribution in [2.24, 2.45) is 0 Å². The van der Waals surface area contributed by atoms with E-state index in [2.05, 4.69) is 24.1 Å². The second-order valence-electron chi connectivity index (χ2n) is 4.69. The molecule has 2 aliphatic rings. The van der Waals surface area contributed by atoms with E-state index in [-0.39, 0.29) is 18.6 Å². The van der Waals surface area contributed by atoms with Gasteiger partial charge >= 0.3 is 0 Å². The highest BCUT2D eigenvalue weighted by molar-refractivity contribution is 5.77. The minimum atomic E-state index is 0.0142. The highest BCUT2D eigenvalue weighted by Gasteiger charge is 2.35. The lowest BCUT2D eigenvalue weighted by atomic mass is 10.1. The van der Waals surface area contributed by atoms with Gasteiger partial charge in [-0.05, 0) is 33.2 Å². The fourth-order valence-electron chi connectivity index (χ4n) is 2.61. The lowest BCUT2D eigenvalue weighted by Gasteiger charge is -2.36. The number of likely N-dealkylation sites (tertiary alicyclic amines) is 1. The summed E-state index contributed by atoms with van der Waals surface area (Å²) in [6, 6.07) is 1.06. The minimum absolute atomic E-state index is 0.0142. The van der Waals surface area contributed by atoms with E-state index in [1.807, 2.05) is 0 Å². The zero-order valence-electron chi connectivity index (χ0n) is 9.53. The Kier molecular flexibility index (Phi) is 3.26. The van der Waals surface area contributed by atoms with E-state index in [0.717, 1.165) is 6.54 Å². The third-order valence-corrected chi connectivity index (χ3v) is 3.36. The predicted molar refractivity (Wildman–Crippen MR) is 57.6 cm³/mol. The second kappa shape index (κ2) is 4.49. The summed E-state index contributed by atoms with van der Waals surface area (Å²) < 4.78 is 5.60. The largest absolute Gasteiger partial charge is 0.365 e. The number of hydrogen-bond acceptors (Lipinski definition) is 3. The Bertz CT molecular complexity index is 233. The van der Waals surface area contributed by atoms with Crippen LogP contribution in [0.25, 0.3) is 0 Å². The van der Waals surface area contributed by atoms with Crippen LogP contribution in [0, 0.1) is 0 Å². The number of morpholine rings is 1. The minimum Gasteiger partial charge on any atom is -0.365 e. The van der Waals surface area contributed by atoms with E-state index < -0.39 is 0 Å². The van der Waals surface area contributed by atoms with Gasteiger partial charge in [0.05, 0.1) is 6.10 Å². The Morgan fingerprint density at radius 1 is 1.53 bits per heavy atom. The molecule has 0 bridgehead atoms. The number of rotatable bonds is 2. The van der Waals surface area contributed by atoms with E-state index >= 15 is 0 Å². The van der Waals surface area contributed by atoms with Crippen molar-refractivity contribution in [1.82, 2.24) is 10.2 Å². The summed E-state index contributed by atoms with van der Waals surface area (Å²) in [7, 11) is 0. The Balaban J connectivity index is 1.94. The molecule has 2 rings (SSSR count). The fourth-order valence-corrected chi connectivity index (χ4v) is 2.61. The molecule has 4 nitrogen and oxygen atoms in total. The molecule has 0 aromatic heterocycles. The zero-order chi connectivity index (χ0) is 10.8. The lowest BCUT2D eigenvalue weighted by molar-refractivity contribution is -0.136. The maximum absolute atomic E-state index is 11.0. The molecule has 1 N–H and O–H groups in total. The van der Waals surface area contributed by atoms with Gasteiger partial charge in [0.25, 0.3) is 0 Å². The number of hydrogen-bond donors (Lipinski definition) is 1. The van der Waals surface area contributed by atoms with Gasteiger partial charge in [0.15, 0.2) is 0 Å². The second-order valence-corrected chi connectivity index (χ2v) is 4.69. The summed E-state index contributed by atoms with van der Waals surface area (Å²) in [5.41, 5.74) is 0. The van der Waals surface area contributed by atoms with Crippen LogP contribution in [0.5, 0.6) is 0 Å². The van der Waals surface area contributed by atoms with Gasteiger partial charge in [-0.1, -0.05) is 0 Å². The first-order chi connectivity index (χ1) is 7.18. The van der Waals surface area contributed by atoms with Gasteiger partial charge in [-0.3, -0.25) is 9.69 Å². The molecule has 2 heterocycles. The summed E-state index contributed by atoms with van der Waals surface area (Å²) >= 11 is 0. The molecular weight excluding hydrogens is 192 g/mol. The van der Waals surface area contributed by atoms with E-state index in [4.69, 9.17) is 4.74 Å². The first-order valence-electron chi connectivity index (χ1n) is 5.82. The van der Waals surface area contributed by atoms with Gasteiger partial charge in [0.1, 0.15) is 6.61 Å². The van der Waals surface area contributed by atoms with Crippen molar-refractivity contribution in [3.8, 4) is 0 Å². The van der Waals surface area contributed by atoms with Crippen molar-refractivity contribution < 1.29 is 9.53 Å². The molecule has 0 aliphatic carbocycles. The molecule has 86 valence electrons. The maximum Gasteiger partial charge on any atom is 0.246 e. The summed E-state index contributed by atoms with van der Waals surface area (Å²) in [5.74, 6) is 0.0142. The molecule has 0 spiro atoms. The molecule has 1 amide bonds. The monoisotopic (exact) mass is 212 g/mol. The number of ether oxygens (including phenoxy) is 1. The Morgan fingerprint density at radius 3 is 2.93 bits per heavy atom. The summed E-state index contributed by atoms with van der Waals surface area (Å²) in [4.78, 5) is 13.5. The summed E-state index contributed by atoms with van der Waals surface area (Å²) in [5, 5.41) is 2.88. The van der Waals surface area contributed by atoms with Crippen LogP contribution in [0.2, 0.25) is 0 Å². The average molecular weight is 212 g/mol. The molecular formula is C11H20N2O2. The lowest BCUT2D eigenvalue weighted by Crippen LogP contribution is -2.53. The maximum atomic E-state index is 11.0. The van der Waals surface area contributed by atoms with Crippen LogP contribution in [-0.4, -0.2) is 48.7 Å². The quantitative estimate of drug-likeness (QED) is 0.719. The van der Waals surface area contributed by atoms with Gasteiger partial charge in [-0.25, -0.2) is 0 Å². The molecule has 0 aromatic rings. The molecule has 2 aliphatic heterocycles. The SMILES string of the molecule is CC(C)N1CCCC1C1CNC(=O)CO1. The van der Waals surface area contributed by atoms with Gasteiger partial charge in [0.2, 0.25) is 5.91 Å². The number of carbonyl (C=O) groups excluding carboxylic acids is 1. The van der Waals surface area contributed by atoms with Crippen LogP contribution in [0.3, 0.4) is 0 Å². The normalized spacial score (nSPS) is 33.4. The zero-order valence-corrected chi connectivity index (χ0v) is 9.53. The van der Waals surface area contributed by atoms with Crippen LogP contribution in [-0.2, 0) is 9.53 Å². The number of amides is 1. The number of nitrogens with one attached hydrogen (secondary N) is 1. The molecule has 2 saturated heterocycles. The van der Waals surface area contributed by atoms with Crippen molar-refractivity contribution >= 4 is 5.91 Å². The topological polar surface area (TPSA) is 41.6 Å². The van der Waals surface area contributed by atoms with Gasteiger partial charge < -0.3 is 10.1 Å². The van der Waals surface area contributed by atoms with Crippen LogP contribution in [0.4, 0.5) is 0 Å². The Labute approximate surface area is 91.0 Å². The number of nitrogens with zero attached hydrogens (tertiary/aromatic N) is 1. The van der Waals surface area contributed by atoms with Gasteiger partial charge in [0, 0.05) is 18.6 Å². The number of carbonyl (C=O) groups is 1. The highest BCUT2D eigenvalue weighted by atomic mass is 16.5. The van der Waals surface area contributed by atoms with Gasteiger partial charge in [-0.2, -0.15) is 0 Å². The fraction of sp³-hybridized carbons (Fsp3) is 0.909. The Hall–Kier alpha value is -0.610. The third-order valence-electron chi connectivity index (χ3n) is 3.36.